The molecule has 1 heteroatoms. The molecule has 0 aliphatic heterocycles. The monoisotopic (exact) mass is 256 g/mol. The Hall–Kier alpha value is -1.11. The van der Waals surface area contributed by atoms with Gasteiger partial charge in [0.15, 0.2) is 0 Å². The van der Waals surface area contributed by atoms with Crippen LogP contribution in [-0.4, -0.2) is 5.78 Å². The first-order chi connectivity index (χ1) is 9.33. The summed E-state index contributed by atoms with van der Waals surface area (Å²) >= 11 is 0. The molecule has 19 heavy (non-hydrogen) atoms. The summed E-state index contributed by atoms with van der Waals surface area (Å²) in [6.45, 7) is 0. The van der Waals surface area contributed by atoms with Crippen LogP contribution in [0, 0.1) is 5.92 Å². The van der Waals surface area contributed by atoms with E-state index in [1.165, 1.54) is 37.7 Å². The van der Waals surface area contributed by atoms with Gasteiger partial charge in [0, 0.05) is 5.92 Å². The van der Waals surface area contributed by atoms with Crippen LogP contribution in [0.2, 0.25) is 0 Å². The lowest BCUT2D eigenvalue weighted by atomic mass is 9.68. The molecule has 2 saturated carbocycles. The van der Waals surface area contributed by atoms with Crippen molar-refractivity contribution >= 4 is 5.78 Å². The van der Waals surface area contributed by atoms with E-state index >= 15 is 0 Å². The molecule has 0 unspecified atom stereocenters. The van der Waals surface area contributed by atoms with Crippen molar-refractivity contribution in [3.63, 3.8) is 0 Å². The van der Waals surface area contributed by atoms with E-state index in [0.717, 1.165) is 25.7 Å². The third kappa shape index (κ3) is 2.35. The van der Waals surface area contributed by atoms with Crippen molar-refractivity contribution in [2.75, 3.05) is 0 Å². The van der Waals surface area contributed by atoms with Gasteiger partial charge in [-0.1, -0.05) is 62.4 Å². The minimum absolute atomic E-state index is 0.136. The zero-order valence-corrected chi connectivity index (χ0v) is 11.7. The fraction of sp³-hybridized carbons (Fsp3) is 0.611. The van der Waals surface area contributed by atoms with Gasteiger partial charge in [-0.25, -0.2) is 0 Å². The summed E-state index contributed by atoms with van der Waals surface area (Å²) in [5, 5.41) is 0. The number of rotatable bonds is 3. The molecule has 0 radical (unpaired) electrons. The molecule has 0 atom stereocenters. The normalized spacial score (nSPS) is 23.4. The molecule has 3 rings (SSSR count). The summed E-state index contributed by atoms with van der Waals surface area (Å²) in [5.74, 6) is 0.906. The fourth-order valence-electron chi connectivity index (χ4n) is 4.17. The van der Waals surface area contributed by atoms with Crippen LogP contribution in [0.25, 0.3) is 0 Å². The molecule has 0 amide bonds. The van der Waals surface area contributed by atoms with Crippen LogP contribution in [0.3, 0.4) is 0 Å². The first-order valence-electron chi connectivity index (χ1n) is 7.93. The van der Waals surface area contributed by atoms with Crippen LogP contribution in [0.4, 0.5) is 0 Å². The van der Waals surface area contributed by atoms with Gasteiger partial charge < -0.3 is 0 Å². The molecule has 0 aromatic heterocycles. The third-order valence-corrected chi connectivity index (χ3v) is 5.23. The van der Waals surface area contributed by atoms with Crippen molar-refractivity contribution in [2.45, 2.75) is 63.2 Å². The third-order valence-electron chi connectivity index (χ3n) is 5.23. The van der Waals surface area contributed by atoms with Crippen molar-refractivity contribution in [1.29, 1.82) is 0 Å². The second-order valence-corrected chi connectivity index (χ2v) is 6.35. The molecule has 2 fully saturated rings. The number of hydrogen-bond acceptors (Lipinski definition) is 1. The fourth-order valence-corrected chi connectivity index (χ4v) is 4.17. The van der Waals surface area contributed by atoms with E-state index in [0.29, 0.717) is 11.7 Å². The standard InChI is InChI=1S/C18H24O/c19-17(15-9-3-1-4-10-15)18(13-7-8-14-18)16-11-5-2-6-12-16/h2,5-6,11-12,15H,1,3-4,7-10,13-14H2. The van der Waals surface area contributed by atoms with E-state index in [1.54, 1.807) is 0 Å². The van der Waals surface area contributed by atoms with Crippen molar-refractivity contribution in [3.8, 4) is 0 Å². The molecule has 1 aromatic rings. The van der Waals surface area contributed by atoms with Gasteiger partial charge in [0.2, 0.25) is 0 Å². The summed E-state index contributed by atoms with van der Waals surface area (Å²) < 4.78 is 0. The summed E-state index contributed by atoms with van der Waals surface area (Å²) in [4.78, 5) is 13.1. The van der Waals surface area contributed by atoms with Crippen LogP contribution in [0.5, 0.6) is 0 Å². The van der Waals surface area contributed by atoms with Crippen molar-refractivity contribution in [2.24, 2.45) is 5.92 Å². The first-order valence-corrected chi connectivity index (χ1v) is 7.93. The van der Waals surface area contributed by atoms with E-state index in [4.69, 9.17) is 0 Å². The number of hydrogen-bond donors (Lipinski definition) is 0. The summed E-state index contributed by atoms with van der Waals surface area (Å²) in [7, 11) is 0. The minimum atomic E-state index is -0.136. The Balaban J connectivity index is 1.90. The molecule has 0 spiro atoms. The molecule has 0 bridgehead atoms. The van der Waals surface area contributed by atoms with E-state index in [-0.39, 0.29) is 5.41 Å². The largest absolute Gasteiger partial charge is 0.298 e. The van der Waals surface area contributed by atoms with E-state index in [9.17, 15) is 4.79 Å². The van der Waals surface area contributed by atoms with Gasteiger partial charge in [0.1, 0.15) is 5.78 Å². The summed E-state index contributed by atoms with van der Waals surface area (Å²) in [6.07, 6.45) is 10.7. The van der Waals surface area contributed by atoms with Gasteiger partial charge in [0.05, 0.1) is 5.41 Å². The SMILES string of the molecule is O=C(C1CCCCC1)C1(c2ccccc2)CCCC1. The van der Waals surface area contributed by atoms with Gasteiger partial charge in [-0.05, 0) is 31.2 Å². The molecule has 2 aliphatic rings. The molecule has 1 nitrogen and oxygen atoms in total. The maximum Gasteiger partial charge on any atom is 0.146 e. The van der Waals surface area contributed by atoms with E-state index < -0.39 is 0 Å². The number of ketones is 1. The number of carbonyl (C=O) groups is 1. The Morgan fingerprint density at radius 2 is 1.53 bits per heavy atom. The Kier molecular flexibility index (Phi) is 3.72. The summed E-state index contributed by atoms with van der Waals surface area (Å²) in [5.41, 5.74) is 1.14. The first kappa shape index (κ1) is 12.9. The molecule has 0 N–H and O–H groups in total. The highest BCUT2D eigenvalue weighted by molar-refractivity contribution is 5.92. The molecule has 102 valence electrons. The lowest BCUT2D eigenvalue weighted by Crippen LogP contribution is -2.38. The highest BCUT2D eigenvalue weighted by atomic mass is 16.1. The number of carbonyl (C=O) groups excluding carboxylic acids is 1. The van der Waals surface area contributed by atoms with Crippen LogP contribution < -0.4 is 0 Å². The molecule has 0 saturated heterocycles. The van der Waals surface area contributed by atoms with E-state index in [1.807, 2.05) is 0 Å². The highest BCUT2D eigenvalue weighted by Gasteiger charge is 2.44. The Morgan fingerprint density at radius 3 is 2.16 bits per heavy atom. The maximum atomic E-state index is 13.1. The lowest BCUT2D eigenvalue weighted by Gasteiger charge is -2.33. The Labute approximate surface area is 116 Å². The lowest BCUT2D eigenvalue weighted by molar-refractivity contribution is -0.129. The van der Waals surface area contributed by atoms with Crippen molar-refractivity contribution < 1.29 is 4.79 Å². The summed E-state index contributed by atoms with van der Waals surface area (Å²) in [6, 6.07) is 10.6. The smallest absolute Gasteiger partial charge is 0.146 e. The van der Waals surface area contributed by atoms with Crippen LogP contribution in [0.1, 0.15) is 63.4 Å². The number of benzene rings is 1. The van der Waals surface area contributed by atoms with Gasteiger partial charge in [-0.15, -0.1) is 0 Å². The highest BCUT2D eigenvalue weighted by Crippen LogP contribution is 2.45. The molecule has 1 aromatic carbocycles. The topological polar surface area (TPSA) is 17.1 Å². The Bertz CT molecular complexity index is 422. The minimum Gasteiger partial charge on any atom is -0.298 e. The van der Waals surface area contributed by atoms with Crippen molar-refractivity contribution in [1.82, 2.24) is 0 Å². The van der Waals surface area contributed by atoms with E-state index in [2.05, 4.69) is 30.3 Å². The average molecular weight is 256 g/mol. The van der Waals surface area contributed by atoms with Crippen molar-refractivity contribution in [3.05, 3.63) is 35.9 Å². The van der Waals surface area contributed by atoms with Gasteiger partial charge in [-0.3, -0.25) is 4.79 Å². The second-order valence-electron chi connectivity index (χ2n) is 6.35. The molecule has 2 aliphatic carbocycles. The predicted octanol–water partition coefficient (Wildman–Crippen LogP) is 4.65. The van der Waals surface area contributed by atoms with Crippen LogP contribution >= 0.6 is 0 Å². The zero-order chi connectivity index (χ0) is 13.1. The molecule has 0 heterocycles. The number of Topliss-reactive ketones (excluding diaryl/α,β-unsaturated/α-hetero) is 1. The quantitative estimate of drug-likeness (QED) is 0.769. The van der Waals surface area contributed by atoms with Gasteiger partial charge in [-0.2, -0.15) is 0 Å². The Morgan fingerprint density at radius 1 is 0.895 bits per heavy atom. The van der Waals surface area contributed by atoms with Crippen LogP contribution in [0.15, 0.2) is 30.3 Å². The second kappa shape index (κ2) is 5.48. The zero-order valence-electron chi connectivity index (χ0n) is 11.7. The molecular formula is C18H24O. The predicted molar refractivity (Wildman–Crippen MR) is 78.2 cm³/mol. The molecular weight excluding hydrogens is 232 g/mol. The van der Waals surface area contributed by atoms with Gasteiger partial charge in [0.25, 0.3) is 0 Å². The van der Waals surface area contributed by atoms with Crippen LogP contribution in [-0.2, 0) is 10.2 Å². The van der Waals surface area contributed by atoms with Gasteiger partial charge >= 0.3 is 0 Å². The average Bonchev–Trinajstić information content (AvgIpc) is 2.99. The maximum absolute atomic E-state index is 13.1.